The van der Waals surface area contributed by atoms with Crippen LogP contribution in [0, 0.1) is 17.8 Å². The van der Waals surface area contributed by atoms with Gasteiger partial charge in [0.25, 0.3) is 5.78 Å². The first-order valence-electron chi connectivity index (χ1n) is 17.0. The predicted octanol–water partition coefficient (Wildman–Crippen LogP) is 4.68. The number of imidazole rings is 1. The third-order valence-electron chi connectivity index (χ3n) is 9.72. The van der Waals surface area contributed by atoms with Crippen LogP contribution in [0.3, 0.4) is 0 Å². The topological polar surface area (TPSA) is 99.9 Å². The van der Waals surface area contributed by atoms with Crippen molar-refractivity contribution in [3.05, 3.63) is 42.0 Å². The molecule has 242 valence electrons. The van der Waals surface area contributed by atoms with Crippen molar-refractivity contribution in [2.45, 2.75) is 84.1 Å². The van der Waals surface area contributed by atoms with Crippen molar-refractivity contribution in [2.24, 2.45) is 17.8 Å². The molecule has 2 N–H and O–H groups in total. The normalized spacial score (nSPS) is 20.8. The Morgan fingerprint density at radius 1 is 1.16 bits per heavy atom. The molecule has 2 aliphatic heterocycles. The minimum absolute atomic E-state index is 0.0300. The van der Waals surface area contributed by atoms with E-state index in [1.807, 2.05) is 10.7 Å². The van der Waals surface area contributed by atoms with E-state index in [-0.39, 0.29) is 17.9 Å². The number of carbonyl (C=O) groups excluding carboxylic acids is 1. The Hall–Kier alpha value is -2.98. The Balaban J connectivity index is 1.40. The van der Waals surface area contributed by atoms with Gasteiger partial charge >= 0.3 is 0 Å². The standard InChI is InChI=1S/C34H54N8O2/c1-6-24(2)9-7-11-29(36-26(4)21-25(3)27-12-13-27)31-23-42-34(37-31)38-32(41-17-15-40(16-18-41)19-20-44-5)30(39-42)22-28-10-8-14-35-33(28)43/h23-24,27-29,36H,3-4,6-22H2,1-2,5H3,(H,35,43)/t24?,28-,29?/m1/s1. The SMILES string of the molecule is C=C(CC(=C)C1CC1)NC(CCCC(C)CC)c1cn2nc(C[C@H]3CCCNC3=O)c(N3CCN(CCOC)CC3)nc2n1. The fourth-order valence-corrected chi connectivity index (χ4v) is 6.46. The summed E-state index contributed by atoms with van der Waals surface area (Å²) in [5.41, 5.74) is 4.10. The van der Waals surface area contributed by atoms with Crippen molar-refractivity contribution in [3.8, 4) is 0 Å². The third-order valence-corrected chi connectivity index (χ3v) is 9.72. The zero-order valence-electron chi connectivity index (χ0n) is 27.3. The number of amides is 1. The number of piperidine rings is 1. The zero-order chi connectivity index (χ0) is 31.1. The Bertz CT molecular complexity index is 1280. The summed E-state index contributed by atoms with van der Waals surface area (Å²) in [5, 5.41) is 11.9. The van der Waals surface area contributed by atoms with Crippen molar-refractivity contribution in [2.75, 3.05) is 57.9 Å². The average Bonchev–Trinajstić information content (AvgIpc) is 3.80. The van der Waals surface area contributed by atoms with Gasteiger partial charge in [0.15, 0.2) is 5.82 Å². The van der Waals surface area contributed by atoms with E-state index in [9.17, 15) is 4.79 Å². The van der Waals surface area contributed by atoms with E-state index in [0.717, 1.165) is 101 Å². The van der Waals surface area contributed by atoms with E-state index >= 15 is 0 Å². The zero-order valence-corrected chi connectivity index (χ0v) is 27.3. The van der Waals surface area contributed by atoms with Gasteiger partial charge in [-0.25, -0.2) is 9.50 Å². The third kappa shape index (κ3) is 8.59. The van der Waals surface area contributed by atoms with Gasteiger partial charge in [-0.2, -0.15) is 10.1 Å². The van der Waals surface area contributed by atoms with Crippen molar-refractivity contribution in [1.29, 1.82) is 0 Å². The average molecular weight is 607 g/mol. The summed E-state index contributed by atoms with van der Waals surface area (Å²) < 4.78 is 7.13. The van der Waals surface area contributed by atoms with Crippen LogP contribution in [0.2, 0.25) is 0 Å². The molecule has 4 heterocycles. The summed E-state index contributed by atoms with van der Waals surface area (Å²) >= 11 is 0. The molecule has 0 bridgehead atoms. The molecular formula is C34H54N8O2. The van der Waals surface area contributed by atoms with Gasteiger partial charge in [0, 0.05) is 70.8 Å². The number of hydrogen-bond acceptors (Lipinski definition) is 8. The largest absolute Gasteiger partial charge is 0.383 e. The molecule has 0 radical (unpaired) electrons. The highest BCUT2D eigenvalue weighted by molar-refractivity contribution is 5.79. The first kappa shape index (κ1) is 32.4. The number of anilines is 1. The van der Waals surface area contributed by atoms with E-state index in [1.165, 1.54) is 31.3 Å². The highest BCUT2D eigenvalue weighted by atomic mass is 16.5. The van der Waals surface area contributed by atoms with Crippen LogP contribution in [-0.2, 0) is 16.0 Å². The van der Waals surface area contributed by atoms with E-state index in [2.05, 4.69) is 47.4 Å². The molecule has 10 nitrogen and oxygen atoms in total. The number of nitrogens with one attached hydrogen (secondary N) is 2. The lowest BCUT2D eigenvalue weighted by molar-refractivity contribution is -0.126. The minimum Gasteiger partial charge on any atom is -0.383 e. The van der Waals surface area contributed by atoms with Crippen LogP contribution in [0.5, 0.6) is 0 Å². The molecule has 2 aromatic heterocycles. The maximum atomic E-state index is 12.7. The maximum absolute atomic E-state index is 12.7. The number of nitrogens with zero attached hydrogens (tertiary/aromatic N) is 6. The van der Waals surface area contributed by atoms with Gasteiger partial charge in [-0.15, -0.1) is 0 Å². The van der Waals surface area contributed by atoms with Crippen LogP contribution in [0.1, 0.15) is 89.1 Å². The summed E-state index contributed by atoms with van der Waals surface area (Å²) in [6.45, 7) is 19.3. The number of aromatic nitrogens is 4. The molecule has 1 aliphatic carbocycles. The molecule has 3 fully saturated rings. The van der Waals surface area contributed by atoms with Crippen LogP contribution < -0.4 is 15.5 Å². The summed E-state index contributed by atoms with van der Waals surface area (Å²) in [7, 11) is 1.75. The Kier molecular flexibility index (Phi) is 11.3. The fourth-order valence-electron chi connectivity index (χ4n) is 6.46. The van der Waals surface area contributed by atoms with Crippen molar-refractivity contribution in [3.63, 3.8) is 0 Å². The van der Waals surface area contributed by atoms with Gasteiger partial charge in [-0.3, -0.25) is 9.69 Å². The van der Waals surface area contributed by atoms with Gasteiger partial charge in [-0.05, 0) is 43.9 Å². The number of allylic oxidation sites excluding steroid dienone is 1. The lowest BCUT2D eigenvalue weighted by Crippen LogP contribution is -2.48. The number of piperazine rings is 1. The number of methoxy groups -OCH3 is 1. The number of carbonyl (C=O) groups is 1. The molecule has 5 rings (SSSR count). The summed E-state index contributed by atoms with van der Waals surface area (Å²) in [6.07, 6.45) is 12.3. The molecule has 3 aliphatic rings. The molecule has 1 saturated carbocycles. The monoisotopic (exact) mass is 606 g/mol. The van der Waals surface area contributed by atoms with E-state index in [1.54, 1.807) is 7.11 Å². The van der Waals surface area contributed by atoms with E-state index in [4.69, 9.17) is 19.8 Å². The van der Waals surface area contributed by atoms with Crippen molar-refractivity contribution >= 4 is 17.5 Å². The van der Waals surface area contributed by atoms with Gasteiger partial charge in [0.1, 0.15) is 5.69 Å². The molecule has 44 heavy (non-hydrogen) atoms. The van der Waals surface area contributed by atoms with Crippen LogP contribution in [0.15, 0.2) is 30.6 Å². The van der Waals surface area contributed by atoms with Crippen LogP contribution in [0.25, 0.3) is 5.78 Å². The highest BCUT2D eigenvalue weighted by Gasteiger charge is 2.29. The Labute approximate surface area is 263 Å². The van der Waals surface area contributed by atoms with Gasteiger partial charge in [0.2, 0.25) is 5.91 Å². The second-order valence-corrected chi connectivity index (χ2v) is 13.3. The van der Waals surface area contributed by atoms with Gasteiger partial charge in [-0.1, -0.05) is 51.8 Å². The summed E-state index contributed by atoms with van der Waals surface area (Å²) in [6, 6.07) is 0.0300. The summed E-state index contributed by atoms with van der Waals surface area (Å²) in [4.78, 5) is 27.7. The smallest absolute Gasteiger partial charge is 0.252 e. The number of ether oxygens (including phenoxy) is 1. The Morgan fingerprint density at radius 2 is 1.95 bits per heavy atom. The fraction of sp³-hybridized carbons (Fsp3) is 0.706. The minimum atomic E-state index is -0.0851. The maximum Gasteiger partial charge on any atom is 0.252 e. The molecule has 3 atom stereocenters. The Morgan fingerprint density at radius 3 is 2.66 bits per heavy atom. The molecule has 2 saturated heterocycles. The molecule has 0 spiro atoms. The highest BCUT2D eigenvalue weighted by Crippen LogP contribution is 2.38. The first-order chi connectivity index (χ1) is 21.3. The quantitative estimate of drug-likeness (QED) is 0.251. The second kappa shape index (κ2) is 15.3. The van der Waals surface area contributed by atoms with Gasteiger partial charge < -0.3 is 20.3 Å². The van der Waals surface area contributed by atoms with E-state index in [0.29, 0.717) is 24.0 Å². The van der Waals surface area contributed by atoms with Gasteiger partial charge in [0.05, 0.1) is 24.5 Å². The molecule has 2 aromatic rings. The number of rotatable bonds is 17. The summed E-state index contributed by atoms with van der Waals surface area (Å²) in [5.74, 6) is 2.87. The predicted molar refractivity (Wildman–Crippen MR) is 176 cm³/mol. The van der Waals surface area contributed by atoms with Crippen LogP contribution >= 0.6 is 0 Å². The number of hydrogen-bond donors (Lipinski definition) is 2. The molecule has 10 heteroatoms. The first-order valence-corrected chi connectivity index (χ1v) is 17.0. The number of fused-ring (bicyclic) bond motifs is 1. The van der Waals surface area contributed by atoms with Crippen molar-refractivity contribution in [1.82, 2.24) is 35.1 Å². The molecule has 1 amide bonds. The molecule has 0 aromatic carbocycles. The lowest BCUT2D eigenvalue weighted by atomic mass is 9.93. The lowest BCUT2D eigenvalue weighted by Gasteiger charge is -2.36. The molecule has 2 unspecified atom stereocenters. The van der Waals surface area contributed by atoms with Crippen molar-refractivity contribution < 1.29 is 9.53 Å². The van der Waals surface area contributed by atoms with Crippen LogP contribution in [0.4, 0.5) is 5.82 Å². The second-order valence-electron chi connectivity index (χ2n) is 13.3. The van der Waals surface area contributed by atoms with Crippen LogP contribution in [-0.4, -0.2) is 83.4 Å². The molecular weight excluding hydrogens is 552 g/mol. The van der Waals surface area contributed by atoms with E-state index < -0.39 is 0 Å².